The van der Waals surface area contributed by atoms with Gasteiger partial charge < -0.3 is 10.0 Å². The fourth-order valence-electron chi connectivity index (χ4n) is 2.94. The van der Waals surface area contributed by atoms with Crippen LogP contribution in [0, 0.1) is 6.92 Å². The summed E-state index contributed by atoms with van der Waals surface area (Å²) >= 11 is 7.71. The predicted octanol–water partition coefficient (Wildman–Crippen LogP) is 2.87. The third-order valence-electron chi connectivity index (χ3n) is 4.19. The number of nitrogens with zero attached hydrogens (tertiary/aromatic N) is 3. The number of amides is 1. The van der Waals surface area contributed by atoms with E-state index in [9.17, 15) is 9.59 Å². The van der Waals surface area contributed by atoms with E-state index >= 15 is 0 Å². The minimum absolute atomic E-state index is 0.0415. The fourth-order valence-corrected chi connectivity index (χ4v) is 4.18. The molecule has 0 saturated carbocycles. The fraction of sp³-hybridized carbons (Fsp3) is 0.353. The number of hydrogen-bond acceptors (Lipinski definition) is 4. The third-order valence-corrected chi connectivity index (χ3v) is 5.52. The van der Waals surface area contributed by atoms with Gasteiger partial charge in [-0.1, -0.05) is 17.7 Å². The molecular weight excluding hydrogens is 362 g/mol. The van der Waals surface area contributed by atoms with Gasteiger partial charge in [-0.3, -0.25) is 9.59 Å². The molecular formula is C17H18ClN3O3S. The minimum atomic E-state index is -0.892. The number of carbonyl (C=O) groups is 2. The second-order valence-corrected chi connectivity index (χ2v) is 7.45. The maximum atomic E-state index is 13.0. The molecule has 1 unspecified atom stereocenters. The molecule has 1 fully saturated rings. The highest BCUT2D eigenvalue weighted by Gasteiger charge is 2.31. The molecule has 0 spiro atoms. The molecule has 0 radical (unpaired) electrons. The Hall–Kier alpha value is -1.99. The van der Waals surface area contributed by atoms with Gasteiger partial charge in [0.2, 0.25) is 0 Å². The second-order valence-electron chi connectivity index (χ2n) is 5.86. The average Bonchev–Trinajstić information content (AvgIpc) is 2.96. The molecule has 1 aliphatic heterocycles. The molecule has 1 N–H and O–H groups in total. The van der Waals surface area contributed by atoms with Crippen molar-refractivity contribution in [2.45, 2.75) is 19.4 Å². The quantitative estimate of drug-likeness (QED) is 0.884. The summed E-state index contributed by atoms with van der Waals surface area (Å²) in [5, 5.41) is 14.0. The zero-order chi connectivity index (χ0) is 18.0. The largest absolute Gasteiger partial charge is 0.481 e. The van der Waals surface area contributed by atoms with Crippen LogP contribution in [-0.2, 0) is 4.79 Å². The Bertz CT molecular complexity index is 808. The molecule has 6 nitrogen and oxygen atoms in total. The molecule has 0 aliphatic carbocycles. The summed E-state index contributed by atoms with van der Waals surface area (Å²) in [6, 6.07) is 6.95. The van der Waals surface area contributed by atoms with Crippen molar-refractivity contribution < 1.29 is 14.7 Å². The van der Waals surface area contributed by atoms with E-state index in [2.05, 4.69) is 5.10 Å². The zero-order valence-corrected chi connectivity index (χ0v) is 15.3. The standard InChI is InChI=1S/C17H18ClN3O3S/c1-11-15(9-19-21(11)13-4-2-3-12(18)7-13)17(24)20-5-6-25-10-14(20)8-16(22)23/h2-4,7,9,14H,5-6,8,10H2,1H3,(H,22,23). The van der Waals surface area contributed by atoms with Gasteiger partial charge in [-0.25, -0.2) is 4.68 Å². The summed E-state index contributed by atoms with van der Waals surface area (Å²) in [7, 11) is 0. The van der Waals surface area contributed by atoms with Crippen LogP contribution in [0.3, 0.4) is 0 Å². The van der Waals surface area contributed by atoms with Crippen molar-refractivity contribution in [1.82, 2.24) is 14.7 Å². The molecule has 132 valence electrons. The first-order chi connectivity index (χ1) is 12.0. The molecule has 1 aromatic carbocycles. The molecule has 1 aromatic heterocycles. The van der Waals surface area contributed by atoms with Crippen LogP contribution in [0.1, 0.15) is 22.5 Å². The van der Waals surface area contributed by atoms with E-state index in [1.165, 1.54) is 6.20 Å². The van der Waals surface area contributed by atoms with Crippen molar-refractivity contribution in [2.75, 3.05) is 18.1 Å². The highest BCUT2D eigenvalue weighted by molar-refractivity contribution is 7.99. The molecule has 2 heterocycles. The van der Waals surface area contributed by atoms with Crippen LogP contribution in [0.2, 0.25) is 5.02 Å². The SMILES string of the molecule is Cc1c(C(=O)N2CCSCC2CC(=O)O)cnn1-c1cccc(Cl)c1. The monoisotopic (exact) mass is 379 g/mol. The van der Waals surface area contributed by atoms with Crippen LogP contribution in [0.5, 0.6) is 0 Å². The van der Waals surface area contributed by atoms with Gasteiger partial charge in [-0.15, -0.1) is 0 Å². The van der Waals surface area contributed by atoms with Crippen LogP contribution in [0.15, 0.2) is 30.5 Å². The van der Waals surface area contributed by atoms with Crippen LogP contribution < -0.4 is 0 Å². The van der Waals surface area contributed by atoms with Gasteiger partial charge in [0.25, 0.3) is 5.91 Å². The summed E-state index contributed by atoms with van der Waals surface area (Å²) < 4.78 is 1.67. The summed E-state index contributed by atoms with van der Waals surface area (Å²) in [5.41, 5.74) is 1.97. The summed E-state index contributed by atoms with van der Waals surface area (Å²) in [6.45, 7) is 2.37. The van der Waals surface area contributed by atoms with Crippen molar-refractivity contribution in [3.8, 4) is 5.69 Å². The van der Waals surface area contributed by atoms with E-state index in [0.29, 0.717) is 28.6 Å². The normalized spacial score (nSPS) is 17.5. The molecule has 8 heteroatoms. The Morgan fingerprint density at radius 1 is 1.44 bits per heavy atom. The number of aromatic nitrogens is 2. The molecule has 25 heavy (non-hydrogen) atoms. The first kappa shape index (κ1) is 17.8. The molecule has 3 rings (SSSR count). The van der Waals surface area contributed by atoms with Gasteiger partial charge in [0, 0.05) is 23.1 Å². The van der Waals surface area contributed by atoms with E-state index in [1.807, 2.05) is 19.1 Å². The van der Waals surface area contributed by atoms with Crippen molar-refractivity contribution in [1.29, 1.82) is 0 Å². The first-order valence-electron chi connectivity index (χ1n) is 7.88. The van der Waals surface area contributed by atoms with E-state index in [0.717, 1.165) is 11.4 Å². The highest BCUT2D eigenvalue weighted by Crippen LogP contribution is 2.24. The van der Waals surface area contributed by atoms with Gasteiger partial charge in [0.05, 0.1) is 35.6 Å². The lowest BCUT2D eigenvalue weighted by Crippen LogP contribution is -2.47. The lowest BCUT2D eigenvalue weighted by Gasteiger charge is -2.34. The summed E-state index contributed by atoms with van der Waals surface area (Å²) in [5.74, 6) is 0.386. The lowest BCUT2D eigenvalue weighted by molar-refractivity contribution is -0.138. The second kappa shape index (κ2) is 7.49. The zero-order valence-electron chi connectivity index (χ0n) is 13.7. The number of thioether (sulfide) groups is 1. The van der Waals surface area contributed by atoms with Crippen LogP contribution >= 0.6 is 23.4 Å². The molecule has 1 saturated heterocycles. The van der Waals surface area contributed by atoms with Gasteiger partial charge in [0.15, 0.2) is 0 Å². The highest BCUT2D eigenvalue weighted by atomic mass is 35.5. The summed E-state index contributed by atoms with van der Waals surface area (Å²) in [4.78, 5) is 25.7. The number of benzene rings is 1. The van der Waals surface area contributed by atoms with E-state index in [4.69, 9.17) is 16.7 Å². The molecule has 0 bridgehead atoms. The number of halogens is 1. The first-order valence-corrected chi connectivity index (χ1v) is 9.41. The number of aliphatic carboxylic acids is 1. The van der Waals surface area contributed by atoms with E-state index in [1.54, 1.807) is 33.5 Å². The smallest absolute Gasteiger partial charge is 0.305 e. The van der Waals surface area contributed by atoms with E-state index < -0.39 is 5.97 Å². The number of carbonyl (C=O) groups excluding carboxylic acids is 1. The number of carboxylic acid groups (broad SMARTS) is 1. The van der Waals surface area contributed by atoms with Crippen molar-refractivity contribution in [3.05, 3.63) is 46.7 Å². The summed E-state index contributed by atoms with van der Waals surface area (Å²) in [6.07, 6.45) is 1.50. The van der Waals surface area contributed by atoms with Gasteiger partial charge in [0.1, 0.15) is 0 Å². The number of hydrogen-bond donors (Lipinski definition) is 1. The maximum Gasteiger partial charge on any atom is 0.305 e. The molecule has 2 aromatic rings. The Balaban J connectivity index is 1.88. The molecule has 1 aliphatic rings. The van der Waals surface area contributed by atoms with Gasteiger partial charge >= 0.3 is 5.97 Å². The maximum absolute atomic E-state index is 13.0. The average molecular weight is 380 g/mol. The molecule has 1 amide bonds. The number of rotatable bonds is 4. The van der Waals surface area contributed by atoms with Gasteiger partial charge in [-0.05, 0) is 25.1 Å². The predicted molar refractivity (Wildman–Crippen MR) is 97.7 cm³/mol. The minimum Gasteiger partial charge on any atom is -0.481 e. The Kier molecular flexibility index (Phi) is 5.34. The Labute approximate surface area is 154 Å². The van der Waals surface area contributed by atoms with Crippen molar-refractivity contribution in [3.63, 3.8) is 0 Å². The Morgan fingerprint density at radius 3 is 2.96 bits per heavy atom. The third kappa shape index (κ3) is 3.82. The van der Waals surface area contributed by atoms with E-state index in [-0.39, 0.29) is 18.4 Å². The topological polar surface area (TPSA) is 75.4 Å². The molecule has 1 atom stereocenters. The number of carboxylic acids is 1. The lowest BCUT2D eigenvalue weighted by atomic mass is 10.1. The Morgan fingerprint density at radius 2 is 2.24 bits per heavy atom. The van der Waals surface area contributed by atoms with Crippen LogP contribution in [0.4, 0.5) is 0 Å². The van der Waals surface area contributed by atoms with Crippen molar-refractivity contribution in [2.24, 2.45) is 0 Å². The van der Waals surface area contributed by atoms with Crippen LogP contribution in [-0.4, -0.2) is 55.8 Å². The van der Waals surface area contributed by atoms with Crippen molar-refractivity contribution >= 4 is 35.2 Å². The van der Waals surface area contributed by atoms with Gasteiger partial charge in [-0.2, -0.15) is 16.9 Å². The van der Waals surface area contributed by atoms with Crippen LogP contribution in [0.25, 0.3) is 5.69 Å².